The molecule has 42 heavy (non-hydrogen) atoms. The van der Waals surface area contributed by atoms with Gasteiger partial charge in [-0.15, -0.1) is 0 Å². The second kappa shape index (κ2) is 12.1. The summed E-state index contributed by atoms with van der Waals surface area (Å²) in [6.45, 7) is 0.398. The zero-order chi connectivity index (χ0) is 30.8. The largest absolute Gasteiger partial charge is 0.378 e. The lowest BCUT2D eigenvalue weighted by atomic mass is 9.90. The van der Waals surface area contributed by atoms with Crippen LogP contribution in [0.5, 0.6) is 0 Å². The molecule has 2 N–H and O–H groups in total. The Morgan fingerprint density at radius 2 is 1.33 bits per heavy atom. The van der Waals surface area contributed by atoms with E-state index in [1.807, 2.05) is 85.5 Å². The quantitative estimate of drug-likeness (QED) is 0.284. The fourth-order valence-electron chi connectivity index (χ4n) is 4.72. The molecule has 0 aliphatic heterocycles. The standard InChI is InChI=1S/C31H33N3O6S2/c1-32(2)26-14-9-23(10-15-26)31(25-13-18-29(33(3)4)30(20-25)42(38,39)40)24-11-16-27(17-12-24)34(5)21-22-7-6-8-28(19-22)41(35,36)37/h6-20H,21H2,1-5H3,(H-,35,36,37,38,39,40)/p+1. The summed E-state index contributed by atoms with van der Waals surface area (Å²) in [6, 6.07) is 21.8. The Morgan fingerprint density at radius 1 is 0.762 bits per heavy atom. The van der Waals surface area contributed by atoms with Crippen molar-refractivity contribution in [2.24, 2.45) is 0 Å². The molecule has 3 aromatic rings. The predicted molar refractivity (Wildman–Crippen MR) is 167 cm³/mol. The lowest BCUT2D eigenvalue weighted by Gasteiger charge is -2.21. The normalized spacial score (nSPS) is 14.8. The Balaban J connectivity index is 1.78. The first-order valence-electron chi connectivity index (χ1n) is 13.0. The fourth-order valence-corrected chi connectivity index (χ4v) is 6.07. The molecule has 1 aliphatic rings. The summed E-state index contributed by atoms with van der Waals surface area (Å²) in [5.41, 5.74) is 6.05. The summed E-state index contributed by atoms with van der Waals surface area (Å²) in [5, 5.41) is 0. The highest BCUT2D eigenvalue weighted by Gasteiger charge is 2.28. The van der Waals surface area contributed by atoms with Gasteiger partial charge in [-0.25, -0.2) is 4.58 Å². The zero-order valence-electron chi connectivity index (χ0n) is 24.1. The SMILES string of the molecule is CN(C)c1ccc(/C(=C2/C=CC(=[N+](C)C)C(S(=O)(=O)O)=C2)c2ccc(N(C)Cc3cccc(S(=O)(=O)O)c3)cc2)cc1. The molecule has 1 aliphatic carbocycles. The maximum Gasteiger partial charge on any atom is 0.301 e. The van der Waals surface area contributed by atoms with E-state index >= 15 is 0 Å². The van der Waals surface area contributed by atoms with Crippen LogP contribution in [0, 0.1) is 0 Å². The van der Waals surface area contributed by atoms with Crippen LogP contribution in [0.15, 0.2) is 106 Å². The van der Waals surface area contributed by atoms with Crippen molar-refractivity contribution in [1.29, 1.82) is 0 Å². The van der Waals surface area contributed by atoms with Crippen LogP contribution in [0.3, 0.4) is 0 Å². The van der Waals surface area contributed by atoms with Crippen LogP contribution in [0.4, 0.5) is 11.4 Å². The summed E-state index contributed by atoms with van der Waals surface area (Å²) in [5.74, 6) is 0. The molecule has 9 nitrogen and oxygen atoms in total. The van der Waals surface area contributed by atoms with Crippen LogP contribution in [-0.2, 0) is 26.8 Å². The van der Waals surface area contributed by atoms with Gasteiger partial charge in [-0.3, -0.25) is 9.11 Å². The molecule has 0 radical (unpaired) electrons. The summed E-state index contributed by atoms with van der Waals surface area (Å²) >= 11 is 0. The van der Waals surface area contributed by atoms with Crippen LogP contribution in [-0.4, -0.2) is 71.5 Å². The molecule has 0 atom stereocenters. The minimum absolute atomic E-state index is 0.159. The smallest absolute Gasteiger partial charge is 0.301 e. The van der Waals surface area contributed by atoms with Gasteiger partial charge in [-0.05, 0) is 76.4 Å². The van der Waals surface area contributed by atoms with E-state index in [0.717, 1.165) is 28.1 Å². The van der Waals surface area contributed by atoms with Crippen molar-refractivity contribution < 1.29 is 30.5 Å². The predicted octanol–water partition coefficient (Wildman–Crippen LogP) is 4.49. The van der Waals surface area contributed by atoms with Gasteiger partial charge in [-0.1, -0.05) is 36.4 Å². The molecule has 0 bridgehead atoms. The molecule has 4 rings (SSSR count). The van der Waals surface area contributed by atoms with Crippen LogP contribution < -0.4 is 9.80 Å². The molecule has 0 unspecified atom stereocenters. The number of benzene rings is 3. The number of hydrogen-bond acceptors (Lipinski definition) is 6. The van der Waals surface area contributed by atoms with E-state index in [2.05, 4.69) is 0 Å². The lowest BCUT2D eigenvalue weighted by molar-refractivity contribution is -0.462. The van der Waals surface area contributed by atoms with E-state index in [1.54, 1.807) is 36.9 Å². The van der Waals surface area contributed by atoms with Gasteiger partial charge in [0.15, 0.2) is 4.91 Å². The lowest BCUT2D eigenvalue weighted by Crippen LogP contribution is -2.21. The van der Waals surface area contributed by atoms with Crippen LogP contribution in [0.25, 0.3) is 5.57 Å². The van der Waals surface area contributed by atoms with E-state index in [-0.39, 0.29) is 9.80 Å². The van der Waals surface area contributed by atoms with Crippen LogP contribution in [0.1, 0.15) is 16.7 Å². The second-order valence-corrected chi connectivity index (χ2v) is 13.2. The molecule has 220 valence electrons. The minimum Gasteiger partial charge on any atom is -0.378 e. The van der Waals surface area contributed by atoms with Gasteiger partial charge in [0.2, 0.25) is 5.71 Å². The Bertz CT molecular complexity index is 1830. The molecular weight excluding hydrogens is 574 g/mol. The van der Waals surface area contributed by atoms with E-state index in [9.17, 15) is 25.9 Å². The Labute approximate surface area is 247 Å². The summed E-state index contributed by atoms with van der Waals surface area (Å²) in [6.07, 6.45) is 5.00. The topological polar surface area (TPSA) is 118 Å². The van der Waals surface area contributed by atoms with Crippen molar-refractivity contribution in [2.75, 3.05) is 45.0 Å². The van der Waals surface area contributed by atoms with Gasteiger partial charge in [0.25, 0.3) is 10.1 Å². The highest BCUT2D eigenvalue weighted by molar-refractivity contribution is 7.90. The molecule has 0 heterocycles. The second-order valence-electron chi connectivity index (χ2n) is 10.4. The monoisotopic (exact) mass is 608 g/mol. The highest BCUT2D eigenvalue weighted by atomic mass is 32.2. The number of hydrogen-bond donors (Lipinski definition) is 2. The molecule has 0 aromatic heterocycles. The molecule has 0 saturated heterocycles. The van der Waals surface area contributed by atoms with Gasteiger partial charge < -0.3 is 9.80 Å². The van der Waals surface area contributed by atoms with E-state index in [1.165, 1.54) is 18.2 Å². The van der Waals surface area contributed by atoms with Crippen molar-refractivity contribution >= 4 is 42.9 Å². The molecule has 0 fully saturated rings. The van der Waals surface area contributed by atoms with E-state index in [0.29, 0.717) is 23.4 Å². The number of anilines is 2. The van der Waals surface area contributed by atoms with Gasteiger partial charge in [0.1, 0.15) is 14.1 Å². The molecule has 11 heteroatoms. The van der Waals surface area contributed by atoms with Crippen molar-refractivity contribution in [2.45, 2.75) is 11.4 Å². The van der Waals surface area contributed by atoms with E-state index < -0.39 is 20.2 Å². The number of allylic oxidation sites excluding steroid dienone is 5. The average Bonchev–Trinajstić information content (AvgIpc) is 2.93. The molecule has 0 spiro atoms. The van der Waals surface area contributed by atoms with Gasteiger partial charge in [0, 0.05) is 45.1 Å². The third kappa shape index (κ3) is 7.05. The molecule has 0 amide bonds. The van der Waals surface area contributed by atoms with Gasteiger partial charge in [0.05, 0.1) is 4.90 Å². The van der Waals surface area contributed by atoms with Crippen molar-refractivity contribution in [3.8, 4) is 0 Å². The third-order valence-corrected chi connectivity index (χ3v) is 8.63. The number of nitrogens with zero attached hydrogens (tertiary/aromatic N) is 3. The first kappa shape index (κ1) is 30.9. The Kier molecular flexibility index (Phi) is 8.88. The zero-order valence-corrected chi connectivity index (χ0v) is 25.7. The molecular formula is C31H34N3O6S2+. The first-order chi connectivity index (χ1) is 19.6. The van der Waals surface area contributed by atoms with Crippen LogP contribution in [0.2, 0.25) is 0 Å². The van der Waals surface area contributed by atoms with Gasteiger partial charge >= 0.3 is 10.1 Å². The highest BCUT2D eigenvalue weighted by Crippen LogP contribution is 2.33. The summed E-state index contributed by atoms with van der Waals surface area (Å²) in [4.78, 5) is 3.59. The number of rotatable bonds is 8. The summed E-state index contributed by atoms with van der Waals surface area (Å²) < 4.78 is 68.8. The minimum atomic E-state index is -4.50. The summed E-state index contributed by atoms with van der Waals surface area (Å²) in [7, 11) is 0.396. The maximum absolute atomic E-state index is 12.3. The van der Waals surface area contributed by atoms with Gasteiger partial charge in [-0.2, -0.15) is 16.8 Å². The van der Waals surface area contributed by atoms with E-state index in [4.69, 9.17) is 0 Å². The van der Waals surface area contributed by atoms with Crippen molar-refractivity contribution in [3.05, 3.63) is 118 Å². The Morgan fingerprint density at radius 3 is 1.83 bits per heavy atom. The first-order valence-corrected chi connectivity index (χ1v) is 15.8. The fraction of sp³-hybridized carbons (Fsp3) is 0.194. The average molecular weight is 609 g/mol. The molecule has 3 aromatic carbocycles. The van der Waals surface area contributed by atoms with Crippen molar-refractivity contribution in [1.82, 2.24) is 0 Å². The molecule has 0 saturated carbocycles. The Hall–Kier alpha value is -4.03. The van der Waals surface area contributed by atoms with Crippen LogP contribution >= 0.6 is 0 Å². The maximum atomic E-state index is 12.3. The third-order valence-electron chi connectivity index (χ3n) is 6.89. The van der Waals surface area contributed by atoms with Crippen molar-refractivity contribution in [3.63, 3.8) is 0 Å².